The van der Waals surface area contributed by atoms with Crippen LogP contribution in [0.15, 0.2) is 24.3 Å². The highest BCUT2D eigenvalue weighted by atomic mass is 19.2. The molecule has 38 heavy (non-hydrogen) atoms. The van der Waals surface area contributed by atoms with E-state index in [0.717, 1.165) is 22.8 Å². The van der Waals surface area contributed by atoms with Crippen LogP contribution in [-0.2, 0) is 10.5 Å². The van der Waals surface area contributed by atoms with E-state index in [9.17, 15) is 41.8 Å². The zero-order valence-corrected chi connectivity index (χ0v) is 18.7. The lowest BCUT2D eigenvalue weighted by atomic mass is 9.96. The first-order chi connectivity index (χ1) is 18.1. The van der Waals surface area contributed by atoms with Crippen LogP contribution in [0.3, 0.4) is 0 Å². The standard InChI is InChI=1S/C25H12F5N3O5/c26-5-14-25(37)21(34)24(38-14)32-12-3-10(29)8(27)1-6(12)15-17-18(23(36)31-22(17)35)16-7-2-9(28)11(30)4-13(7)33(25)20(16)19(15)32/h1-4,14,21,24,34,37H,5H2,(H,31,35,36)/t14?,21?,24-,25-/m1/s1. The number of amides is 2. The van der Waals surface area contributed by atoms with E-state index in [0.29, 0.717) is 6.07 Å². The highest BCUT2D eigenvalue weighted by molar-refractivity contribution is 6.39. The Morgan fingerprint density at radius 2 is 1.39 bits per heavy atom. The molecular formula is C25H12F5N3O5. The third-order valence-electron chi connectivity index (χ3n) is 7.95. The van der Waals surface area contributed by atoms with Gasteiger partial charge in [0.1, 0.15) is 18.9 Å². The third kappa shape index (κ3) is 2.12. The van der Waals surface area contributed by atoms with E-state index >= 15 is 0 Å². The second kappa shape index (κ2) is 6.49. The van der Waals surface area contributed by atoms with Crippen LogP contribution >= 0.6 is 0 Å². The SMILES string of the molecule is O=C1NC(=O)c2c1c1c3cc(F)c(F)cc3n3c1c1c2c2cc(F)c(F)cc2n1[C@@]1(O)C(CF)O[C@@H]3C1O. The summed E-state index contributed by atoms with van der Waals surface area (Å²) >= 11 is 0. The minimum absolute atomic E-state index is 0.0158. The van der Waals surface area contributed by atoms with E-state index in [2.05, 4.69) is 5.32 Å². The van der Waals surface area contributed by atoms with Gasteiger partial charge in [0.2, 0.25) is 5.72 Å². The van der Waals surface area contributed by atoms with E-state index in [1.165, 1.54) is 4.57 Å². The second-order valence-electron chi connectivity index (χ2n) is 9.65. The number of nitrogens with zero attached hydrogens (tertiary/aromatic N) is 2. The van der Waals surface area contributed by atoms with Crippen molar-refractivity contribution in [3.05, 3.63) is 58.7 Å². The van der Waals surface area contributed by atoms with Gasteiger partial charge in [-0.15, -0.1) is 0 Å². The first-order valence-electron chi connectivity index (χ1n) is 11.4. The fourth-order valence-electron chi connectivity index (χ4n) is 6.49. The summed E-state index contributed by atoms with van der Waals surface area (Å²) in [4.78, 5) is 26.1. The van der Waals surface area contributed by atoms with Gasteiger partial charge in [0.05, 0.1) is 33.2 Å². The minimum atomic E-state index is -2.62. The maximum absolute atomic E-state index is 14.6. The molecule has 3 aliphatic rings. The fourth-order valence-corrected chi connectivity index (χ4v) is 6.49. The molecule has 0 aliphatic carbocycles. The van der Waals surface area contributed by atoms with Crippen molar-refractivity contribution in [3.8, 4) is 0 Å². The van der Waals surface area contributed by atoms with Crippen molar-refractivity contribution in [2.24, 2.45) is 0 Å². The van der Waals surface area contributed by atoms with Crippen LogP contribution < -0.4 is 5.32 Å². The van der Waals surface area contributed by atoms with Gasteiger partial charge in [-0.3, -0.25) is 14.9 Å². The molecule has 2 amide bonds. The van der Waals surface area contributed by atoms with Crippen molar-refractivity contribution in [3.63, 3.8) is 0 Å². The summed E-state index contributed by atoms with van der Waals surface area (Å²) < 4.78 is 80.3. The molecule has 8 nitrogen and oxygen atoms in total. The molecule has 3 aromatic carbocycles. The van der Waals surface area contributed by atoms with E-state index in [1.54, 1.807) is 0 Å². The smallest absolute Gasteiger partial charge is 0.259 e. The van der Waals surface area contributed by atoms with E-state index in [4.69, 9.17) is 4.74 Å². The predicted molar refractivity (Wildman–Crippen MR) is 120 cm³/mol. The summed E-state index contributed by atoms with van der Waals surface area (Å²) in [6.45, 7) is -1.33. The summed E-state index contributed by atoms with van der Waals surface area (Å²) in [5.74, 6) is -7.00. The van der Waals surface area contributed by atoms with Crippen molar-refractivity contribution in [1.82, 2.24) is 14.5 Å². The van der Waals surface area contributed by atoms with E-state index in [1.807, 2.05) is 0 Å². The second-order valence-corrected chi connectivity index (χ2v) is 9.65. The van der Waals surface area contributed by atoms with E-state index in [-0.39, 0.29) is 54.7 Å². The number of aromatic nitrogens is 2. The quantitative estimate of drug-likeness (QED) is 0.229. The number of aliphatic hydroxyl groups is 2. The number of hydrogen-bond donors (Lipinski definition) is 3. The number of carbonyl (C=O) groups is 2. The molecule has 5 aromatic rings. The zero-order valence-electron chi connectivity index (χ0n) is 18.7. The summed E-state index contributed by atoms with van der Waals surface area (Å²) in [5.41, 5.74) is -3.58. The zero-order chi connectivity index (χ0) is 26.6. The topological polar surface area (TPSA) is 106 Å². The number of aliphatic hydroxyl groups excluding tert-OH is 1. The van der Waals surface area contributed by atoms with Crippen molar-refractivity contribution in [1.29, 1.82) is 0 Å². The normalized spacial score (nSPS) is 25.9. The lowest BCUT2D eigenvalue weighted by Crippen LogP contribution is -2.50. The molecule has 8 rings (SSSR count). The first kappa shape index (κ1) is 22.0. The number of fused-ring (bicyclic) bond motifs is 13. The fraction of sp³-hybridized carbons (Fsp3) is 0.200. The summed E-state index contributed by atoms with van der Waals surface area (Å²) in [5, 5.41) is 25.1. The van der Waals surface area contributed by atoms with Crippen LogP contribution in [0.25, 0.3) is 43.6 Å². The molecule has 2 aromatic heterocycles. The molecule has 13 heteroatoms. The molecule has 4 atom stereocenters. The molecule has 5 heterocycles. The van der Waals surface area contributed by atoms with Crippen LogP contribution in [0.5, 0.6) is 0 Å². The average Bonchev–Trinajstić information content (AvgIpc) is 3.51. The molecule has 2 bridgehead atoms. The van der Waals surface area contributed by atoms with Gasteiger partial charge >= 0.3 is 0 Å². The molecule has 3 N–H and O–H groups in total. The monoisotopic (exact) mass is 529 g/mol. The van der Waals surface area contributed by atoms with Crippen LogP contribution in [-0.4, -0.2) is 50.0 Å². The van der Waals surface area contributed by atoms with Crippen molar-refractivity contribution < 1.29 is 46.5 Å². The van der Waals surface area contributed by atoms with Crippen LogP contribution in [0.1, 0.15) is 26.9 Å². The number of carbonyl (C=O) groups excluding carboxylic acids is 2. The largest absolute Gasteiger partial charge is 0.383 e. The Morgan fingerprint density at radius 3 is 2.00 bits per heavy atom. The Hall–Kier alpha value is -4.07. The number of imide groups is 1. The number of halogens is 5. The van der Waals surface area contributed by atoms with Gasteiger partial charge < -0.3 is 24.1 Å². The van der Waals surface area contributed by atoms with E-state index < -0.39 is 65.9 Å². The van der Waals surface area contributed by atoms with Crippen LogP contribution in [0.4, 0.5) is 22.0 Å². The van der Waals surface area contributed by atoms with Gasteiger partial charge in [-0.1, -0.05) is 0 Å². The molecule has 0 saturated carbocycles. The van der Waals surface area contributed by atoms with Gasteiger partial charge in [-0.25, -0.2) is 22.0 Å². The molecule has 1 fully saturated rings. The summed E-state index contributed by atoms with van der Waals surface area (Å²) in [7, 11) is 0. The number of benzene rings is 3. The predicted octanol–water partition coefficient (Wildman–Crippen LogP) is 3.23. The number of ether oxygens (including phenoxy) is 1. The molecule has 1 saturated heterocycles. The molecule has 0 radical (unpaired) electrons. The van der Waals surface area contributed by atoms with Crippen LogP contribution in [0.2, 0.25) is 0 Å². The molecule has 0 spiro atoms. The number of alkyl halides is 1. The van der Waals surface area contributed by atoms with Crippen molar-refractivity contribution >= 4 is 55.4 Å². The maximum atomic E-state index is 14.6. The van der Waals surface area contributed by atoms with Crippen molar-refractivity contribution in [2.45, 2.75) is 24.2 Å². The highest BCUT2D eigenvalue weighted by Gasteiger charge is 2.61. The average molecular weight is 529 g/mol. The number of hydrogen-bond acceptors (Lipinski definition) is 5. The third-order valence-corrected chi connectivity index (χ3v) is 7.95. The van der Waals surface area contributed by atoms with Gasteiger partial charge in [-0.2, -0.15) is 0 Å². The van der Waals surface area contributed by atoms with Gasteiger partial charge in [0.25, 0.3) is 11.8 Å². The number of nitrogens with one attached hydrogen (secondary N) is 1. The van der Waals surface area contributed by atoms with Crippen molar-refractivity contribution in [2.75, 3.05) is 6.67 Å². The van der Waals surface area contributed by atoms with Gasteiger partial charge in [0, 0.05) is 33.7 Å². The minimum Gasteiger partial charge on any atom is -0.383 e. The lowest BCUT2D eigenvalue weighted by molar-refractivity contribution is -0.138. The molecule has 3 aliphatic heterocycles. The highest BCUT2D eigenvalue weighted by Crippen LogP contribution is 2.55. The Labute approximate surface area is 206 Å². The molecule has 192 valence electrons. The Bertz CT molecular complexity index is 2020. The summed E-state index contributed by atoms with van der Waals surface area (Å²) in [6, 6.07) is 3.06. The number of rotatable bonds is 1. The van der Waals surface area contributed by atoms with Crippen LogP contribution in [0, 0.1) is 23.3 Å². The van der Waals surface area contributed by atoms with Gasteiger partial charge in [0.15, 0.2) is 29.5 Å². The Balaban J connectivity index is 1.79. The first-order valence-corrected chi connectivity index (χ1v) is 11.4. The Kier molecular flexibility index (Phi) is 3.75. The summed E-state index contributed by atoms with van der Waals surface area (Å²) in [6.07, 6.45) is -5.29. The molecular weight excluding hydrogens is 517 g/mol. The Morgan fingerprint density at radius 1 is 0.868 bits per heavy atom. The maximum Gasteiger partial charge on any atom is 0.259 e. The molecule has 2 unspecified atom stereocenters. The van der Waals surface area contributed by atoms with Gasteiger partial charge in [-0.05, 0) is 12.1 Å². The lowest BCUT2D eigenvalue weighted by Gasteiger charge is -2.32.